The lowest BCUT2D eigenvalue weighted by Gasteiger charge is -2.14. The van der Waals surface area contributed by atoms with Gasteiger partial charge in [-0.25, -0.2) is 4.79 Å². The molecule has 1 N–H and O–H groups in total. The Balaban J connectivity index is 2.10. The van der Waals surface area contributed by atoms with Crippen LogP contribution in [0.5, 0.6) is 17.2 Å². The van der Waals surface area contributed by atoms with Crippen molar-refractivity contribution in [2.75, 3.05) is 32.8 Å². The molecule has 27 heavy (non-hydrogen) atoms. The van der Waals surface area contributed by atoms with E-state index in [4.69, 9.17) is 30.5 Å². The number of hydrogen-bond donors (Lipinski definition) is 1. The molecule has 0 aliphatic heterocycles. The number of halogens is 1. The summed E-state index contributed by atoms with van der Waals surface area (Å²) in [7, 11) is 2.92. The van der Waals surface area contributed by atoms with E-state index >= 15 is 0 Å². The van der Waals surface area contributed by atoms with Gasteiger partial charge in [-0.3, -0.25) is 4.79 Å². The van der Waals surface area contributed by atoms with Crippen LogP contribution < -0.4 is 19.5 Å². The predicted molar refractivity (Wildman–Crippen MR) is 101 cm³/mol. The summed E-state index contributed by atoms with van der Waals surface area (Å²) >= 11 is 6.17. The fourth-order valence-corrected chi connectivity index (χ4v) is 2.46. The topological polar surface area (TPSA) is 83.1 Å². The minimum absolute atomic E-state index is 0.171. The van der Waals surface area contributed by atoms with Gasteiger partial charge in [0.15, 0.2) is 18.1 Å². The summed E-state index contributed by atoms with van der Waals surface area (Å²) in [5, 5.41) is 2.79. The summed E-state index contributed by atoms with van der Waals surface area (Å²) < 4.78 is 20.8. The van der Waals surface area contributed by atoms with E-state index in [9.17, 15) is 9.59 Å². The molecule has 0 fully saturated rings. The number of benzene rings is 2. The number of hydrogen-bond acceptors (Lipinski definition) is 6. The predicted octanol–water partition coefficient (Wildman–Crippen LogP) is 3.55. The lowest BCUT2D eigenvalue weighted by molar-refractivity contribution is -0.118. The second kappa shape index (κ2) is 9.68. The van der Waals surface area contributed by atoms with E-state index in [1.165, 1.54) is 26.4 Å². The highest BCUT2D eigenvalue weighted by Crippen LogP contribution is 2.31. The average Bonchev–Trinajstić information content (AvgIpc) is 2.68. The van der Waals surface area contributed by atoms with Crippen LogP contribution in [0.1, 0.15) is 17.3 Å². The molecule has 2 rings (SSSR count). The smallest absolute Gasteiger partial charge is 0.341 e. The summed E-state index contributed by atoms with van der Waals surface area (Å²) in [6.45, 7) is 1.67. The molecule has 2 aromatic rings. The standard InChI is InChI=1S/C19H20ClNO6/c1-4-26-19(23)12-9-13(20)14(10-17(12)25-3)21-18(22)11-27-16-8-6-5-7-15(16)24-2/h5-10H,4,11H2,1-3H3,(H,21,22). The highest BCUT2D eigenvalue weighted by molar-refractivity contribution is 6.34. The van der Waals surface area contributed by atoms with Crippen molar-refractivity contribution in [3.63, 3.8) is 0 Å². The van der Waals surface area contributed by atoms with E-state index in [-0.39, 0.29) is 35.2 Å². The third-order valence-electron chi connectivity index (χ3n) is 3.49. The number of ether oxygens (including phenoxy) is 4. The average molecular weight is 394 g/mol. The maximum Gasteiger partial charge on any atom is 0.341 e. The Morgan fingerprint density at radius 2 is 1.70 bits per heavy atom. The Kier molecular flexibility index (Phi) is 7.31. The zero-order valence-electron chi connectivity index (χ0n) is 15.2. The third kappa shape index (κ3) is 5.27. The van der Waals surface area contributed by atoms with E-state index in [0.717, 1.165) is 0 Å². The lowest BCUT2D eigenvalue weighted by atomic mass is 10.1. The van der Waals surface area contributed by atoms with Crippen LogP contribution in [0.3, 0.4) is 0 Å². The largest absolute Gasteiger partial charge is 0.496 e. The number of para-hydroxylation sites is 2. The first-order chi connectivity index (χ1) is 13.0. The number of esters is 1. The number of nitrogens with one attached hydrogen (secondary N) is 1. The minimum Gasteiger partial charge on any atom is -0.496 e. The minimum atomic E-state index is -0.561. The van der Waals surface area contributed by atoms with Crippen LogP contribution in [0.4, 0.5) is 5.69 Å². The number of carbonyl (C=O) groups excluding carboxylic acids is 2. The maximum atomic E-state index is 12.2. The monoisotopic (exact) mass is 393 g/mol. The number of methoxy groups -OCH3 is 2. The van der Waals surface area contributed by atoms with Gasteiger partial charge in [0, 0.05) is 6.07 Å². The summed E-state index contributed by atoms with van der Waals surface area (Å²) in [6.07, 6.45) is 0. The maximum absolute atomic E-state index is 12.2. The fraction of sp³-hybridized carbons (Fsp3) is 0.263. The molecule has 7 nitrogen and oxygen atoms in total. The van der Waals surface area contributed by atoms with E-state index in [1.54, 1.807) is 31.2 Å². The van der Waals surface area contributed by atoms with Crippen molar-refractivity contribution in [1.29, 1.82) is 0 Å². The number of rotatable bonds is 8. The number of amides is 1. The van der Waals surface area contributed by atoms with Crippen molar-refractivity contribution < 1.29 is 28.5 Å². The Labute approximate surface area is 162 Å². The van der Waals surface area contributed by atoms with Crippen LogP contribution in [0, 0.1) is 0 Å². The molecule has 2 aromatic carbocycles. The van der Waals surface area contributed by atoms with Gasteiger partial charge in [0.2, 0.25) is 0 Å². The van der Waals surface area contributed by atoms with Gasteiger partial charge in [-0.2, -0.15) is 0 Å². The van der Waals surface area contributed by atoms with Gasteiger partial charge in [0.25, 0.3) is 5.91 Å². The van der Waals surface area contributed by atoms with Crippen molar-refractivity contribution in [2.24, 2.45) is 0 Å². The molecule has 0 radical (unpaired) electrons. The van der Waals surface area contributed by atoms with E-state index in [0.29, 0.717) is 11.5 Å². The summed E-state index contributed by atoms with van der Waals surface area (Å²) in [4.78, 5) is 24.1. The Bertz CT molecular complexity index is 824. The van der Waals surface area contributed by atoms with Crippen LogP contribution in [0.25, 0.3) is 0 Å². The van der Waals surface area contributed by atoms with Gasteiger partial charge in [-0.15, -0.1) is 0 Å². The second-order valence-corrected chi connectivity index (χ2v) is 5.65. The summed E-state index contributed by atoms with van der Waals surface area (Å²) in [5.74, 6) is 0.196. The SMILES string of the molecule is CCOC(=O)c1cc(Cl)c(NC(=O)COc2ccccc2OC)cc1OC. The molecule has 144 valence electrons. The molecule has 0 aliphatic carbocycles. The van der Waals surface area contributed by atoms with Crippen molar-refractivity contribution >= 4 is 29.2 Å². The van der Waals surface area contributed by atoms with Crippen LogP contribution >= 0.6 is 11.6 Å². The summed E-state index contributed by atoms with van der Waals surface area (Å²) in [6, 6.07) is 9.82. The molecule has 0 unspecified atom stereocenters. The van der Waals surface area contributed by atoms with Crippen molar-refractivity contribution in [3.05, 3.63) is 47.0 Å². The molecule has 0 spiro atoms. The van der Waals surface area contributed by atoms with Gasteiger partial charge in [0.1, 0.15) is 11.3 Å². The van der Waals surface area contributed by atoms with E-state index < -0.39 is 11.9 Å². The molecule has 0 saturated heterocycles. The van der Waals surface area contributed by atoms with Crippen LogP contribution in [0.15, 0.2) is 36.4 Å². The molecule has 0 saturated carbocycles. The van der Waals surface area contributed by atoms with Crippen LogP contribution in [-0.4, -0.2) is 39.3 Å². The second-order valence-electron chi connectivity index (χ2n) is 5.24. The van der Waals surface area contributed by atoms with E-state index in [2.05, 4.69) is 5.32 Å². The van der Waals surface area contributed by atoms with Gasteiger partial charge >= 0.3 is 5.97 Å². The molecule has 8 heteroatoms. The molecule has 0 aliphatic rings. The molecule has 1 amide bonds. The molecular formula is C19H20ClNO6. The van der Waals surface area contributed by atoms with Crippen molar-refractivity contribution in [3.8, 4) is 17.2 Å². The normalized spacial score (nSPS) is 10.1. The molecule has 0 bridgehead atoms. The van der Waals surface area contributed by atoms with Gasteiger partial charge in [-0.05, 0) is 25.1 Å². The van der Waals surface area contributed by atoms with Crippen LogP contribution in [-0.2, 0) is 9.53 Å². The van der Waals surface area contributed by atoms with Gasteiger partial charge < -0.3 is 24.3 Å². The highest BCUT2D eigenvalue weighted by atomic mass is 35.5. The zero-order chi connectivity index (χ0) is 19.8. The van der Waals surface area contributed by atoms with Gasteiger partial charge in [0.05, 0.1) is 31.5 Å². The Hall–Kier alpha value is -2.93. The zero-order valence-corrected chi connectivity index (χ0v) is 16.0. The first-order valence-corrected chi connectivity index (χ1v) is 8.48. The van der Waals surface area contributed by atoms with Crippen molar-refractivity contribution in [1.82, 2.24) is 0 Å². The Morgan fingerprint density at radius 3 is 2.33 bits per heavy atom. The number of anilines is 1. The van der Waals surface area contributed by atoms with Crippen LogP contribution in [0.2, 0.25) is 5.02 Å². The summed E-state index contributed by atoms with van der Waals surface area (Å²) in [5.41, 5.74) is 0.461. The molecule has 0 atom stereocenters. The third-order valence-corrected chi connectivity index (χ3v) is 3.80. The van der Waals surface area contributed by atoms with Crippen molar-refractivity contribution in [2.45, 2.75) is 6.92 Å². The molecular weight excluding hydrogens is 374 g/mol. The highest BCUT2D eigenvalue weighted by Gasteiger charge is 2.18. The Morgan fingerprint density at radius 1 is 1.04 bits per heavy atom. The van der Waals surface area contributed by atoms with Gasteiger partial charge in [-0.1, -0.05) is 23.7 Å². The first kappa shape index (κ1) is 20.4. The van der Waals surface area contributed by atoms with E-state index in [1.807, 2.05) is 0 Å². The molecule has 0 aromatic heterocycles. The fourth-order valence-electron chi connectivity index (χ4n) is 2.25. The first-order valence-electron chi connectivity index (χ1n) is 8.10. The lowest BCUT2D eigenvalue weighted by Crippen LogP contribution is -2.20. The quantitative estimate of drug-likeness (QED) is 0.690. The molecule has 0 heterocycles. The number of carbonyl (C=O) groups is 2.